The minimum Gasteiger partial charge on any atom is -0.298 e. The molecule has 0 heterocycles. The molecular formula is C13H24O. The second-order valence-electron chi connectivity index (χ2n) is 5.27. The van der Waals surface area contributed by atoms with E-state index in [0.29, 0.717) is 11.7 Å². The zero-order chi connectivity index (χ0) is 11.0. The molecule has 1 unspecified atom stereocenters. The molecule has 2 aliphatic rings. The number of carbonyl (C=O) groups excluding carboxylic acids is 1. The van der Waals surface area contributed by atoms with Crippen molar-refractivity contribution in [3.05, 3.63) is 0 Å². The maximum absolute atomic E-state index is 12.0. The molecule has 1 atom stereocenters. The lowest BCUT2D eigenvalue weighted by Crippen LogP contribution is -2.42. The summed E-state index contributed by atoms with van der Waals surface area (Å²) in [4.78, 5) is 12.0. The van der Waals surface area contributed by atoms with Crippen LogP contribution in [0, 0.1) is 16.7 Å². The Hall–Kier alpha value is -0.330. The molecule has 1 heteroatoms. The van der Waals surface area contributed by atoms with Gasteiger partial charge in [0.05, 0.1) is 0 Å². The molecule has 0 saturated heterocycles. The fourth-order valence-corrected chi connectivity index (χ4v) is 2.50. The van der Waals surface area contributed by atoms with Crippen LogP contribution in [0.15, 0.2) is 0 Å². The molecule has 0 radical (unpaired) electrons. The Balaban J connectivity index is 0.000000461. The lowest BCUT2D eigenvalue weighted by atomic mass is 9.63. The third-order valence-electron chi connectivity index (χ3n) is 4.21. The minimum absolute atomic E-state index is 0.0469. The molecule has 0 N–H and O–H groups in total. The van der Waals surface area contributed by atoms with Crippen molar-refractivity contribution in [2.45, 2.75) is 60.3 Å². The molecule has 1 spiro atoms. The Kier molecular flexibility index (Phi) is 3.08. The van der Waals surface area contributed by atoms with Gasteiger partial charge >= 0.3 is 0 Å². The molecule has 0 amide bonds. The highest BCUT2D eigenvalue weighted by Gasteiger charge is 2.57. The first-order chi connectivity index (χ1) is 6.49. The number of ketones is 1. The van der Waals surface area contributed by atoms with Gasteiger partial charge in [-0.15, -0.1) is 0 Å². The number of rotatable bonds is 0. The zero-order valence-corrected chi connectivity index (χ0v) is 10.3. The van der Waals surface area contributed by atoms with Crippen LogP contribution in [0.25, 0.3) is 0 Å². The van der Waals surface area contributed by atoms with E-state index >= 15 is 0 Å². The van der Waals surface area contributed by atoms with Crippen LogP contribution in [-0.4, -0.2) is 5.78 Å². The minimum atomic E-state index is -0.0469. The Morgan fingerprint density at radius 3 is 2.07 bits per heavy atom. The summed E-state index contributed by atoms with van der Waals surface area (Å²) in [5.74, 6) is 1.13. The molecular weight excluding hydrogens is 172 g/mol. The van der Waals surface area contributed by atoms with Crippen LogP contribution < -0.4 is 0 Å². The van der Waals surface area contributed by atoms with E-state index in [9.17, 15) is 4.79 Å². The Morgan fingerprint density at radius 1 is 1.14 bits per heavy atom. The molecule has 0 aliphatic heterocycles. The summed E-state index contributed by atoms with van der Waals surface area (Å²) in [5, 5.41) is 0. The van der Waals surface area contributed by atoms with E-state index in [2.05, 4.69) is 20.8 Å². The molecule has 82 valence electrons. The number of hydrogen-bond donors (Lipinski definition) is 0. The van der Waals surface area contributed by atoms with Crippen LogP contribution >= 0.6 is 0 Å². The van der Waals surface area contributed by atoms with Gasteiger partial charge in [0.1, 0.15) is 5.78 Å². The van der Waals surface area contributed by atoms with Crippen molar-refractivity contribution in [3.63, 3.8) is 0 Å². The number of carbonyl (C=O) groups is 1. The summed E-state index contributed by atoms with van der Waals surface area (Å²) < 4.78 is 0. The predicted octanol–water partition coefficient (Wildman–Crippen LogP) is 3.82. The van der Waals surface area contributed by atoms with E-state index < -0.39 is 0 Å². The third kappa shape index (κ3) is 1.62. The average Bonchev–Trinajstić information content (AvgIpc) is 2.95. The summed E-state index contributed by atoms with van der Waals surface area (Å²) in [5.41, 5.74) is 0.116. The van der Waals surface area contributed by atoms with Crippen molar-refractivity contribution in [1.29, 1.82) is 0 Å². The molecule has 0 bridgehead atoms. The number of hydrogen-bond acceptors (Lipinski definition) is 1. The Morgan fingerprint density at radius 2 is 1.64 bits per heavy atom. The average molecular weight is 196 g/mol. The van der Waals surface area contributed by atoms with Gasteiger partial charge in [-0.2, -0.15) is 0 Å². The van der Waals surface area contributed by atoms with E-state index in [1.807, 2.05) is 13.8 Å². The molecule has 2 aliphatic carbocycles. The second kappa shape index (κ2) is 3.67. The maximum atomic E-state index is 12.0. The van der Waals surface area contributed by atoms with Crippen LogP contribution in [0.3, 0.4) is 0 Å². The highest BCUT2D eigenvalue weighted by Crippen LogP contribution is 2.59. The summed E-state index contributed by atoms with van der Waals surface area (Å²) in [6.45, 7) is 10.5. The molecule has 0 aromatic rings. The zero-order valence-electron chi connectivity index (χ0n) is 10.3. The first-order valence-corrected chi connectivity index (χ1v) is 6.04. The van der Waals surface area contributed by atoms with E-state index in [0.717, 1.165) is 6.42 Å². The quantitative estimate of drug-likeness (QED) is 0.575. The predicted molar refractivity (Wildman–Crippen MR) is 60.2 cm³/mol. The van der Waals surface area contributed by atoms with Crippen molar-refractivity contribution in [2.24, 2.45) is 16.7 Å². The summed E-state index contributed by atoms with van der Waals surface area (Å²) >= 11 is 0. The normalized spacial score (nSPS) is 32.1. The third-order valence-corrected chi connectivity index (χ3v) is 4.21. The van der Waals surface area contributed by atoms with Gasteiger partial charge in [0.2, 0.25) is 0 Å². The van der Waals surface area contributed by atoms with Gasteiger partial charge in [0, 0.05) is 10.8 Å². The van der Waals surface area contributed by atoms with Gasteiger partial charge < -0.3 is 0 Å². The lowest BCUT2D eigenvalue weighted by Gasteiger charge is -2.39. The van der Waals surface area contributed by atoms with Gasteiger partial charge in [-0.1, -0.05) is 34.6 Å². The summed E-state index contributed by atoms with van der Waals surface area (Å²) in [7, 11) is 0. The van der Waals surface area contributed by atoms with Crippen molar-refractivity contribution < 1.29 is 4.79 Å². The van der Waals surface area contributed by atoms with Gasteiger partial charge in [0.25, 0.3) is 0 Å². The van der Waals surface area contributed by atoms with Crippen LogP contribution in [-0.2, 0) is 4.79 Å². The van der Waals surface area contributed by atoms with E-state index in [4.69, 9.17) is 0 Å². The van der Waals surface area contributed by atoms with Gasteiger partial charge in [0.15, 0.2) is 0 Å². The summed E-state index contributed by atoms with van der Waals surface area (Å²) in [6.07, 6.45) is 4.75. The molecule has 2 saturated carbocycles. The maximum Gasteiger partial charge on any atom is 0.144 e. The fourth-order valence-electron chi connectivity index (χ4n) is 2.50. The molecule has 1 nitrogen and oxygen atoms in total. The Bertz CT molecular complexity index is 223. The number of Topliss-reactive ketones (excluding diaryl/α,β-unsaturated/α-hetero) is 1. The summed E-state index contributed by atoms with van der Waals surface area (Å²) in [6, 6.07) is 0. The smallest absolute Gasteiger partial charge is 0.144 e. The van der Waals surface area contributed by atoms with Crippen molar-refractivity contribution in [3.8, 4) is 0 Å². The van der Waals surface area contributed by atoms with Crippen LogP contribution in [0.1, 0.15) is 60.3 Å². The Labute approximate surface area is 88.3 Å². The van der Waals surface area contributed by atoms with E-state index in [-0.39, 0.29) is 10.8 Å². The fraction of sp³-hybridized carbons (Fsp3) is 0.923. The first kappa shape index (κ1) is 11.7. The van der Waals surface area contributed by atoms with Crippen molar-refractivity contribution in [1.82, 2.24) is 0 Å². The highest BCUT2D eigenvalue weighted by atomic mass is 16.1. The van der Waals surface area contributed by atoms with Gasteiger partial charge in [-0.05, 0) is 31.6 Å². The molecule has 2 fully saturated rings. The van der Waals surface area contributed by atoms with Crippen molar-refractivity contribution >= 4 is 5.78 Å². The first-order valence-electron chi connectivity index (χ1n) is 6.04. The van der Waals surface area contributed by atoms with Gasteiger partial charge in [-0.3, -0.25) is 4.79 Å². The molecule has 0 aromatic carbocycles. The van der Waals surface area contributed by atoms with Gasteiger partial charge in [-0.25, -0.2) is 0 Å². The molecule has 2 rings (SSSR count). The van der Waals surface area contributed by atoms with E-state index in [1.54, 1.807) is 0 Å². The van der Waals surface area contributed by atoms with Crippen LogP contribution in [0.4, 0.5) is 0 Å². The van der Waals surface area contributed by atoms with E-state index in [1.165, 1.54) is 19.3 Å². The lowest BCUT2D eigenvalue weighted by molar-refractivity contribution is -0.139. The molecule has 14 heavy (non-hydrogen) atoms. The largest absolute Gasteiger partial charge is 0.298 e. The monoisotopic (exact) mass is 196 g/mol. The van der Waals surface area contributed by atoms with Crippen LogP contribution in [0.5, 0.6) is 0 Å². The highest BCUT2D eigenvalue weighted by molar-refractivity contribution is 5.92. The SMILES string of the molecule is CC.CC1CCC2(CC2)C(=O)C1(C)C. The van der Waals surface area contributed by atoms with Crippen LogP contribution in [0.2, 0.25) is 0 Å². The topological polar surface area (TPSA) is 17.1 Å². The van der Waals surface area contributed by atoms with Crippen molar-refractivity contribution in [2.75, 3.05) is 0 Å². The standard InChI is InChI=1S/C11H18O.C2H6/c1-8-4-5-11(6-7-11)9(12)10(8,2)3;1-2/h8H,4-7H2,1-3H3;1-2H3. The second-order valence-corrected chi connectivity index (χ2v) is 5.27. The molecule has 0 aromatic heterocycles.